The Morgan fingerprint density at radius 2 is 1.83 bits per heavy atom. The number of benzene rings is 1. The normalized spacial score (nSPS) is 18.5. The van der Waals surface area contributed by atoms with E-state index in [1.165, 1.54) is 24.8 Å². The van der Waals surface area contributed by atoms with E-state index in [9.17, 15) is 0 Å². The largest absolute Gasteiger partial charge is 0.375 e. The molecule has 1 heterocycles. The van der Waals surface area contributed by atoms with Crippen molar-refractivity contribution in [2.45, 2.75) is 51.7 Å². The first-order valence-corrected chi connectivity index (χ1v) is 8.94. The van der Waals surface area contributed by atoms with E-state index in [1.54, 1.807) is 0 Å². The van der Waals surface area contributed by atoms with Crippen molar-refractivity contribution in [1.82, 2.24) is 10.2 Å². The van der Waals surface area contributed by atoms with Gasteiger partial charge in [0, 0.05) is 19.0 Å². The van der Waals surface area contributed by atoms with Crippen molar-refractivity contribution in [2.24, 2.45) is 0 Å². The molecule has 2 atom stereocenters. The topological polar surface area (TPSA) is 24.5 Å². The lowest BCUT2D eigenvalue weighted by molar-refractivity contribution is 0.00979. The van der Waals surface area contributed by atoms with Gasteiger partial charge in [-0.15, -0.1) is 24.8 Å². The molecule has 0 aliphatic carbocycles. The molecule has 3 nitrogen and oxygen atoms in total. The number of nitrogens with one attached hydrogen (secondary N) is 1. The average molecular weight is 377 g/mol. The predicted molar refractivity (Wildman–Crippen MR) is 108 cm³/mol. The average Bonchev–Trinajstić information content (AvgIpc) is 2.59. The first-order chi connectivity index (χ1) is 10.8. The zero-order valence-corrected chi connectivity index (χ0v) is 16.7. The predicted octanol–water partition coefficient (Wildman–Crippen LogP) is 3.94. The lowest BCUT2D eigenvalue weighted by atomic mass is 9.95. The first kappa shape index (κ1) is 23.7. The van der Waals surface area contributed by atoms with Gasteiger partial charge in [0.1, 0.15) is 0 Å². The SMILES string of the molecule is CCN(CC)CCOC(Cc1ccccc1)C1CCCCN1.Cl.Cl. The van der Waals surface area contributed by atoms with Gasteiger partial charge in [-0.3, -0.25) is 0 Å². The molecule has 1 aromatic rings. The van der Waals surface area contributed by atoms with Gasteiger partial charge in [-0.05, 0) is 38.0 Å². The molecule has 2 rings (SSSR count). The van der Waals surface area contributed by atoms with Crippen LogP contribution in [0.5, 0.6) is 0 Å². The van der Waals surface area contributed by atoms with Gasteiger partial charge in [-0.1, -0.05) is 50.6 Å². The van der Waals surface area contributed by atoms with Crippen LogP contribution in [-0.4, -0.2) is 49.8 Å². The minimum Gasteiger partial charge on any atom is -0.375 e. The summed E-state index contributed by atoms with van der Waals surface area (Å²) in [5, 5.41) is 3.67. The molecule has 0 radical (unpaired) electrons. The fourth-order valence-corrected chi connectivity index (χ4v) is 3.23. The molecule has 140 valence electrons. The maximum atomic E-state index is 6.32. The molecular weight excluding hydrogens is 343 g/mol. The fraction of sp³-hybridized carbons (Fsp3) is 0.684. The van der Waals surface area contributed by atoms with Crippen molar-refractivity contribution in [2.75, 3.05) is 32.8 Å². The van der Waals surface area contributed by atoms with E-state index in [1.807, 2.05) is 0 Å². The molecule has 1 N–H and O–H groups in total. The second-order valence-corrected chi connectivity index (χ2v) is 6.18. The minimum absolute atomic E-state index is 0. The van der Waals surface area contributed by atoms with Crippen LogP contribution < -0.4 is 5.32 Å². The summed E-state index contributed by atoms with van der Waals surface area (Å²) in [6.07, 6.45) is 5.16. The monoisotopic (exact) mass is 376 g/mol. The Balaban J connectivity index is 0.00000264. The lowest BCUT2D eigenvalue weighted by Gasteiger charge is -2.32. The lowest BCUT2D eigenvalue weighted by Crippen LogP contribution is -2.46. The summed E-state index contributed by atoms with van der Waals surface area (Å²) in [6.45, 7) is 9.63. The molecule has 5 heteroatoms. The molecule has 1 aliphatic rings. The van der Waals surface area contributed by atoms with Crippen molar-refractivity contribution < 1.29 is 4.74 Å². The molecule has 1 aromatic carbocycles. The maximum Gasteiger partial charge on any atom is 0.0768 e. The number of likely N-dealkylation sites (N-methyl/N-ethyl adjacent to an activating group) is 1. The van der Waals surface area contributed by atoms with Gasteiger partial charge in [0.15, 0.2) is 0 Å². The van der Waals surface area contributed by atoms with Gasteiger partial charge < -0.3 is 15.0 Å². The second kappa shape index (κ2) is 13.9. The van der Waals surface area contributed by atoms with Gasteiger partial charge in [-0.2, -0.15) is 0 Å². The van der Waals surface area contributed by atoms with Crippen LogP contribution in [0.25, 0.3) is 0 Å². The van der Waals surface area contributed by atoms with Gasteiger partial charge >= 0.3 is 0 Å². The molecule has 0 saturated carbocycles. The highest BCUT2D eigenvalue weighted by atomic mass is 35.5. The zero-order chi connectivity index (χ0) is 15.6. The molecule has 0 spiro atoms. The maximum absolute atomic E-state index is 6.32. The van der Waals surface area contributed by atoms with Crippen LogP contribution in [0.3, 0.4) is 0 Å². The summed E-state index contributed by atoms with van der Waals surface area (Å²) in [4.78, 5) is 2.42. The standard InChI is InChI=1S/C19H32N2O.2ClH/c1-3-21(4-2)14-15-22-19(18-12-8-9-13-20-18)16-17-10-6-5-7-11-17;;/h5-7,10-11,18-20H,3-4,8-9,12-16H2,1-2H3;2*1H. The quantitative estimate of drug-likeness (QED) is 0.706. The third-order valence-electron chi connectivity index (χ3n) is 4.71. The highest BCUT2D eigenvalue weighted by Crippen LogP contribution is 2.17. The summed E-state index contributed by atoms with van der Waals surface area (Å²) in [7, 11) is 0. The number of ether oxygens (including phenoxy) is 1. The third kappa shape index (κ3) is 8.17. The molecule has 0 bridgehead atoms. The van der Waals surface area contributed by atoms with E-state index in [4.69, 9.17) is 4.74 Å². The second-order valence-electron chi connectivity index (χ2n) is 6.18. The Morgan fingerprint density at radius 1 is 1.12 bits per heavy atom. The highest BCUT2D eigenvalue weighted by molar-refractivity contribution is 5.85. The van der Waals surface area contributed by atoms with Gasteiger partial charge in [0.2, 0.25) is 0 Å². The number of hydrogen-bond acceptors (Lipinski definition) is 3. The Kier molecular flexibility index (Phi) is 13.7. The Hall–Kier alpha value is -0.320. The van der Waals surface area contributed by atoms with Crippen molar-refractivity contribution in [3.8, 4) is 0 Å². The summed E-state index contributed by atoms with van der Waals surface area (Å²) < 4.78 is 6.32. The Labute approximate surface area is 160 Å². The number of nitrogens with zero attached hydrogens (tertiary/aromatic N) is 1. The molecule has 1 aliphatic heterocycles. The number of halogens is 2. The number of rotatable bonds is 9. The zero-order valence-electron chi connectivity index (χ0n) is 15.1. The van der Waals surface area contributed by atoms with Crippen LogP contribution in [0.15, 0.2) is 30.3 Å². The molecule has 0 aromatic heterocycles. The molecule has 1 fully saturated rings. The summed E-state index contributed by atoms with van der Waals surface area (Å²) in [6, 6.07) is 11.3. The van der Waals surface area contributed by atoms with Crippen LogP contribution in [-0.2, 0) is 11.2 Å². The van der Waals surface area contributed by atoms with Gasteiger partial charge in [0.05, 0.1) is 12.7 Å². The van der Waals surface area contributed by atoms with Crippen LogP contribution in [0.4, 0.5) is 0 Å². The summed E-state index contributed by atoms with van der Waals surface area (Å²) in [5.41, 5.74) is 1.38. The van der Waals surface area contributed by atoms with Gasteiger partial charge in [-0.25, -0.2) is 0 Å². The van der Waals surface area contributed by atoms with E-state index >= 15 is 0 Å². The summed E-state index contributed by atoms with van der Waals surface area (Å²) >= 11 is 0. The number of hydrogen-bond donors (Lipinski definition) is 1. The third-order valence-corrected chi connectivity index (χ3v) is 4.71. The summed E-state index contributed by atoms with van der Waals surface area (Å²) in [5.74, 6) is 0. The molecule has 1 saturated heterocycles. The van der Waals surface area contributed by atoms with Crippen molar-refractivity contribution >= 4 is 24.8 Å². The first-order valence-electron chi connectivity index (χ1n) is 8.94. The molecular formula is C19H34Cl2N2O. The van der Waals surface area contributed by atoms with Crippen LogP contribution in [0.2, 0.25) is 0 Å². The van der Waals surface area contributed by atoms with Crippen molar-refractivity contribution in [3.05, 3.63) is 35.9 Å². The van der Waals surface area contributed by atoms with E-state index in [0.29, 0.717) is 12.1 Å². The Bertz CT molecular complexity index is 396. The molecule has 0 amide bonds. The minimum atomic E-state index is 0. The fourth-order valence-electron chi connectivity index (χ4n) is 3.23. The van der Waals surface area contributed by atoms with Crippen LogP contribution in [0, 0.1) is 0 Å². The smallest absolute Gasteiger partial charge is 0.0768 e. The van der Waals surface area contributed by atoms with Crippen LogP contribution >= 0.6 is 24.8 Å². The molecule has 2 unspecified atom stereocenters. The van der Waals surface area contributed by atoms with Crippen molar-refractivity contribution in [1.29, 1.82) is 0 Å². The molecule has 24 heavy (non-hydrogen) atoms. The Morgan fingerprint density at radius 3 is 2.42 bits per heavy atom. The van der Waals surface area contributed by atoms with E-state index in [0.717, 1.165) is 39.2 Å². The highest BCUT2D eigenvalue weighted by Gasteiger charge is 2.24. The van der Waals surface area contributed by atoms with Crippen LogP contribution in [0.1, 0.15) is 38.7 Å². The van der Waals surface area contributed by atoms with E-state index in [-0.39, 0.29) is 24.8 Å². The van der Waals surface area contributed by atoms with E-state index in [2.05, 4.69) is 54.4 Å². The van der Waals surface area contributed by atoms with E-state index < -0.39 is 0 Å². The van der Waals surface area contributed by atoms with Gasteiger partial charge in [0.25, 0.3) is 0 Å². The number of piperidine rings is 1. The van der Waals surface area contributed by atoms with Crippen molar-refractivity contribution in [3.63, 3.8) is 0 Å².